The fraction of sp³-hybridized carbons (Fsp3) is 0.436. The Labute approximate surface area is 239 Å². The van der Waals surface area contributed by atoms with Crippen molar-refractivity contribution in [2.45, 2.75) is 110 Å². The third-order valence-corrected chi connectivity index (χ3v) is 7.38. The van der Waals surface area contributed by atoms with Crippen LogP contribution in [0.15, 0.2) is 72.8 Å². The molecule has 0 saturated carbocycles. The molecule has 0 saturated heterocycles. The van der Waals surface area contributed by atoms with Crippen LogP contribution >= 0.6 is 0 Å². The van der Waals surface area contributed by atoms with Gasteiger partial charge in [0.05, 0.1) is 0 Å². The van der Waals surface area contributed by atoms with Gasteiger partial charge in [0.1, 0.15) is 0 Å². The third-order valence-electron chi connectivity index (χ3n) is 7.38. The van der Waals surface area contributed by atoms with Crippen molar-refractivity contribution in [2.75, 3.05) is 0 Å². The highest BCUT2D eigenvalue weighted by atomic mass is 14.0. The maximum Gasteiger partial charge on any atom is 0.0249 e. The number of rotatable bonds is 15. The van der Waals surface area contributed by atoms with E-state index in [1.165, 1.54) is 107 Å². The summed E-state index contributed by atoms with van der Waals surface area (Å²) in [7, 11) is 0. The zero-order valence-electron chi connectivity index (χ0n) is 24.5. The molecule has 39 heavy (non-hydrogen) atoms. The molecule has 0 unspecified atom stereocenters. The van der Waals surface area contributed by atoms with Crippen LogP contribution < -0.4 is 0 Å². The molecule has 0 nitrogen and oxygen atoms in total. The van der Waals surface area contributed by atoms with Gasteiger partial charge in [-0.25, -0.2) is 0 Å². The van der Waals surface area contributed by atoms with E-state index in [9.17, 15) is 0 Å². The van der Waals surface area contributed by atoms with Crippen LogP contribution in [-0.4, -0.2) is 0 Å². The molecule has 0 N–H and O–H groups in total. The van der Waals surface area contributed by atoms with Crippen LogP contribution in [-0.2, 0) is 12.8 Å². The van der Waals surface area contributed by atoms with E-state index >= 15 is 0 Å². The number of benzene rings is 3. The molecule has 0 heteroatoms. The molecule has 0 aliphatic rings. The summed E-state index contributed by atoms with van der Waals surface area (Å²) >= 11 is 0. The van der Waals surface area contributed by atoms with E-state index in [0.717, 1.165) is 22.3 Å². The molecule has 0 heterocycles. The second kappa shape index (κ2) is 18.9. The molecule has 0 atom stereocenters. The van der Waals surface area contributed by atoms with E-state index in [1.807, 2.05) is 0 Å². The average Bonchev–Trinajstić information content (AvgIpc) is 2.98. The lowest BCUT2D eigenvalue weighted by atomic mass is 10.0. The van der Waals surface area contributed by atoms with Gasteiger partial charge in [-0.15, -0.1) is 0 Å². The standard InChI is InChI=1S/C39H48/c1-3-5-7-9-11-13-15-17-35-20-24-37(25-21-35)27-29-39-32-30-38(31-33-39)28-26-36-22-18-34(19-23-36)16-14-12-10-8-6-4-2/h18-25,30-33H,3-17H2,1-2H3. The second-order valence-corrected chi connectivity index (χ2v) is 10.9. The number of aryl methyl sites for hydroxylation is 2. The third kappa shape index (κ3) is 12.9. The topological polar surface area (TPSA) is 0 Å². The van der Waals surface area contributed by atoms with Gasteiger partial charge in [-0.05, 0) is 85.3 Å². The van der Waals surface area contributed by atoms with Gasteiger partial charge in [-0.2, -0.15) is 0 Å². The highest BCUT2D eigenvalue weighted by Crippen LogP contribution is 2.13. The summed E-state index contributed by atoms with van der Waals surface area (Å²) in [6, 6.07) is 25.8. The van der Waals surface area contributed by atoms with Crippen LogP contribution in [0.25, 0.3) is 0 Å². The van der Waals surface area contributed by atoms with Gasteiger partial charge < -0.3 is 0 Å². The molecule has 3 rings (SSSR count). The minimum atomic E-state index is 1.02. The van der Waals surface area contributed by atoms with Crippen molar-refractivity contribution in [3.63, 3.8) is 0 Å². The van der Waals surface area contributed by atoms with Gasteiger partial charge in [0.15, 0.2) is 0 Å². The van der Waals surface area contributed by atoms with E-state index in [1.54, 1.807) is 0 Å². The van der Waals surface area contributed by atoms with Crippen molar-refractivity contribution in [1.29, 1.82) is 0 Å². The molecule has 3 aromatic carbocycles. The molecule has 0 aliphatic carbocycles. The van der Waals surface area contributed by atoms with Gasteiger partial charge in [0, 0.05) is 22.3 Å². The zero-order chi connectivity index (χ0) is 27.4. The molecule has 0 radical (unpaired) electrons. The first kappa shape index (κ1) is 30.3. The molecule has 0 bridgehead atoms. The Hall–Kier alpha value is -3.22. The highest BCUT2D eigenvalue weighted by molar-refractivity contribution is 5.48. The Morgan fingerprint density at radius 1 is 0.333 bits per heavy atom. The van der Waals surface area contributed by atoms with Gasteiger partial charge >= 0.3 is 0 Å². The molecule has 0 fully saturated rings. The first-order chi connectivity index (χ1) is 19.3. The van der Waals surface area contributed by atoms with E-state index in [0.29, 0.717) is 0 Å². The lowest BCUT2D eigenvalue weighted by Gasteiger charge is -2.02. The fourth-order valence-electron chi connectivity index (χ4n) is 4.83. The fourth-order valence-corrected chi connectivity index (χ4v) is 4.83. The van der Waals surface area contributed by atoms with Gasteiger partial charge in [-0.1, -0.05) is 132 Å². The average molecular weight is 517 g/mol. The smallest absolute Gasteiger partial charge is 0.0249 e. The monoisotopic (exact) mass is 516 g/mol. The summed E-state index contributed by atoms with van der Waals surface area (Å²) < 4.78 is 0. The van der Waals surface area contributed by atoms with Crippen LogP contribution in [0.4, 0.5) is 0 Å². The summed E-state index contributed by atoms with van der Waals surface area (Å²) in [4.78, 5) is 0. The number of hydrogen-bond donors (Lipinski definition) is 0. The first-order valence-electron chi connectivity index (χ1n) is 15.6. The van der Waals surface area contributed by atoms with Crippen molar-refractivity contribution in [1.82, 2.24) is 0 Å². The quantitative estimate of drug-likeness (QED) is 0.139. The summed E-state index contributed by atoms with van der Waals surface area (Å²) in [5, 5.41) is 0. The minimum absolute atomic E-state index is 1.02. The Morgan fingerprint density at radius 3 is 0.897 bits per heavy atom. The van der Waals surface area contributed by atoms with Crippen molar-refractivity contribution in [2.24, 2.45) is 0 Å². The maximum absolute atomic E-state index is 3.31. The molecule has 204 valence electrons. The summed E-state index contributed by atoms with van der Waals surface area (Å²) in [5.74, 6) is 13.2. The molecule has 0 amide bonds. The van der Waals surface area contributed by atoms with E-state index in [-0.39, 0.29) is 0 Å². The predicted molar refractivity (Wildman–Crippen MR) is 170 cm³/mol. The molecule has 0 aliphatic heterocycles. The lowest BCUT2D eigenvalue weighted by Crippen LogP contribution is -1.87. The molecular weight excluding hydrogens is 468 g/mol. The van der Waals surface area contributed by atoms with Gasteiger partial charge in [-0.3, -0.25) is 0 Å². The van der Waals surface area contributed by atoms with Crippen molar-refractivity contribution < 1.29 is 0 Å². The van der Waals surface area contributed by atoms with Crippen molar-refractivity contribution in [3.8, 4) is 23.7 Å². The van der Waals surface area contributed by atoms with Crippen LogP contribution in [0, 0.1) is 23.7 Å². The largest absolute Gasteiger partial charge is 0.0654 e. The Bertz CT molecular complexity index is 1170. The molecule has 0 spiro atoms. The summed E-state index contributed by atoms with van der Waals surface area (Å²) in [6.07, 6.45) is 19.9. The predicted octanol–water partition coefficient (Wildman–Crippen LogP) is 10.7. The van der Waals surface area contributed by atoms with Gasteiger partial charge in [0.25, 0.3) is 0 Å². The molecular formula is C39H48. The Kier molecular flexibility index (Phi) is 14.7. The summed E-state index contributed by atoms with van der Waals surface area (Å²) in [6.45, 7) is 4.55. The minimum Gasteiger partial charge on any atom is -0.0654 e. The van der Waals surface area contributed by atoms with Crippen LogP contribution in [0.2, 0.25) is 0 Å². The molecule has 0 aromatic heterocycles. The van der Waals surface area contributed by atoms with Crippen LogP contribution in [0.1, 0.15) is 131 Å². The maximum atomic E-state index is 3.31. The normalized spacial score (nSPS) is 10.4. The van der Waals surface area contributed by atoms with Crippen LogP contribution in [0.5, 0.6) is 0 Å². The summed E-state index contributed by atoms with van der Waals surface area (Å²) in [5.41, 5.74) is 7.02. The van der Waals surface area contributed by atoms with Crippen molar-refractivity contribution in [3.05, 3.63) is 106 Å². The Balaban J connectivity index is 1.41. The van der Waals surface area contributed by atoms with Crippen molar-refractivity contribution >= 4 is 0 Å². The van der Waals surface area contributed by atoms with E-state index < -0.39 is 0 Å². The highest BCUT2D eigenvalue weighted by Gasteiger charge is 1.97. The molecule has 3 aromatic rings. The number of hydrogen-bond acceptors (Lipinski definition) is 0. The lowest BCUT2D eigenvalue weighted by molar-refractivity contribution is 0.589. The second-order valence-electron chi connectivity index (χ2n) is 10.9. The SMILES string of the molecule is CCCCCCCCCc1ccc(C#Cc2ccc(C#Cc3ccc(CCCCCCCC)cc3)cc2)cc1. The Morgan fingerprint density at radius 2 is 0.590 bits per heavy atom. The van der Waals surface area contributed by atoms with Crippen LogP contribution in [0.3, 0.4) is 0 Å². The zero-order valence-corrected chi connectivity index (χ0v) is 24.5. The van der Waals surface area contributed by atoms with E-state index in [4.69, 9.17) is 0 Å². The number of unbranched alkanes of at least 4 members (excludes halogenated alkanes) is 11. The van der Waals surface area contributed by atoms with Gasteiger partial charge in [0.2, 0.25) is 0 Å². The van der Waals surface area contributed by atoms with E-state index in [2.05, 4.69) is 110 Å². The first-order valence-corrected chi connectivity index (χ1v) is 15.6.